The lowest BCUT2D eigenvalue weighted by Gasteiger charge is -2.32. The van der Waals surface area contributed by atoms with E-state index in [0.717, 1.165) is 30.5 Å². The first kappa shape index (κ1) is 14.9. The Balaban J connectivity index is 1.70. The summed E-state index contributed by atoms with van der Waals surface area (Å²) in [6.45, 7) is 3.05. The summed E-state index contributed by atoms with van der Waals surface area (Å²) in [5.41, 5.74) is 2.25. The number of carbonyl (C=O) groups is 1. The Morgan fingerprint density at radius 3 is 3.14 bits per heavy atom. The minimum absolute atomic E-state index is 0.0934. The fourth-order valence-corrected chi connectivity index (χ4v) is 2.85. The molecular weight excluding hydrogens is 280 g/mol. The SMILES string of the molecule is COC(=O)CC1CN(Cc2cccc3cccnc23)CCO1. The molecule has 1 atom stereocenters. The average Bonchev–Trinajstić information content (AvgIpc) is 2.55. The molecule has 0 bridgehead atoms. The van der Waals surface area contributed by atoms with E-state index in [1.165, 1.54) is 12.7 Å². The first-order valence-electron chi connectivity index (χ1n) is 7.49. The van der Waals surface area contributed by atoms with Gasteiger partial charge in [-0.1, -0.05) is 24.3 Å². The van der Waals surface area contributed by atoms with Gasteiger partial charge in [-0.2, -0.15) is 0 Å². The van der Waals surface area contributed by atoms with E-state index < -0.39 is 0 Å². The number of pyridine rings is 1. The lowest BCUT2D eigenvalue weighted by molar-refractivity contribution is -0.145. The number of methoxy groups -OCH3 is 1. The summed E-state index contributed by atoms with van der Waals surface area (Å²) in [6.07, 6.45) is 2.04. The molecule has 3 rings (SSSR count). The number of esters is 1. The molecule has 1 fully saturated rings. The van der Waals surface area contributed by atoms with Gasteiger partial charge in [0.25, 0.3) is 0 Å². The highest BCUT2D eigenvalue weighted by Crippen LogP contribution is 2.19. The lowest BCUT2D eigenvalue weighted by atomic mass is 10.1. The van der Waals surface area contributed by atoms with E-state index in [1.54, 1.807) is 0 Å². The van der Waals surface area contributed by atoms with Crippen LogP contribution >= 0.6 is 0 Å². The van der Waals surface area contributed by atoms with Gasteiger partial charge in [0.15, 0.2) is 0 Å². The summed E-state index contributed by atoms with van der Waals surface area (Å²) in [4.78, 5) is 18.2. The Kier molecular flexibility index (Phi) is 4.65. The summed E-state index contributed by atoms with van der Waals surface area (Å²) in [6, 6.07) is 10.3. The Bertz CT molecular complexity index is 654. The molecule has 0 aliphatic carbocycles. The Morgan fingerprint density at radius 2 is 2.27 bits per heavy atom. The standard InChI is InChI=1S/C17H20N2O3/c1-21-16(20)10-15-12-19(8-9-22-15)11-14-5-2-4-13-6-3-7-18-17(13)14/h2-7,15H,8-12H2,1H3. The third-order valence-corrected chi connectivity index (χ3v) is 3.96. The average molecular weight is 300 g/mol. The molecule has 1 saturated heterocycles. The molecular formula is C17H20N2O3. The summed E-state index contributed by atoms with van der Waals surface area (Å²) in [5.74, 6) is -0.223. The Morgan fingerprint density at radius 1 is 1.41 bits per heavy atom. The van der Waals surface area contributed by atoms with Crippen molar-refractivity contribution in [3.8, 4) is 0 Å². The van der Waals surface area contributed by atoms with Gasteiger partial charge in [0.05, 0.1) is 31.8 Å². The smallest absolute Gasteiger partial charge is 0.308 e. The first-order chi connectivity index (χ1) is 10.8. The van der Waals surface area contributed by atoms with E-state index >= 15 is 0 Å². The predicted molar refractivity (Wildman–Crippen MR) is 83.4 cm³/mol. The highest BCUT2D eigenvalue weighted by molar-refractivity contribution is 5.81. The van der Waals surface area contributed by atoms with Crippen molar-refractivity contribution in [2.24, 2.45) is 0 Å². The maximum Gasteiger partial charge on any atom is 0.308 e. The summed E-state index contributed by atoms with van der Waals surface area (Å²) in [7, 11) is 1.41. The number of para-hydroxylation sites is 1. The molecule has 22 heavy (non-hydrogen) atoms. The van der Waals surface area contributed by atoms with Gasteiger partial charge in [0.2, 0.25) is 0 Å². The maximum atomic E-state index is 11.4. The molecule has 0 N–H and O–H groups in total. The second-order valence-corrected chi connectivity index (χ2v) is 5.50. The van der Waals surface area contributed by atoms with E-state index in [-0.39, 0.29) is 12.1 Å². The van der Waals surface area contributed by atoms with Gasteiger partial charge in [-0.25, -0.2) is 0 Å². The van der Waals surface area contributed by atoms with Crippen LogP contribution in [0.1, 0.15) is 12.0 Å². The van der Waals surface area contributed by atoms with Gasteiger partial charge in [-0.05, 0) is 11.6 Å². The summed E-state index contributed by atoms with van der Waals surface area (Å²) in [5, 5.41) is 1.15. The van der Waals surface area contributed by atoms with Crippen molar-refractivity contribution in [1.29, 1.82) is 0 Å². The zero-order chi connectivity index (χ0) is 15.4. The largest absolute Gasteiger partial charge is 0.469 e. The van der Waals surface area contributed by atoms with Crippen LogP contribution in [-0.2, 0) is 20.8 Å². The first-order valence-corrected chi connectivity index (χ1v) is 7.49. The van der Waals surface area contributed by atoms with Crippen LogP contribution in [0.25, 0.3) is 10.9 Å². The van der Waals surface area contributed by atoms with Crippen molar-refractivity contribution < 1.29 is 14.3 Å². The van der Waals surface area contributed by atoms with Gasteiger partial charge in [-0.15, -0.1) is 0 Å². The number of benzene rings is 1. The number of hydrogen-bond donors (Lipinski definition) is 0. The van der Waals surface area contributed by atoms with E-state index in [1.807, 2.05) is 12.3 Å². The molecule has 0 saturated carbocycles. The minimum atomic E-state index is -0.223. The van der Waals surface area contributed by atoms with Crippen LogP contribution in [0.3, 0.4) is 0 Å². The number of carbonyl (C=O) groups excluding carboxylic acids is 1. The zero-order valence-corrected chi connectivity index (χ0v) is 12.7. The van der Waals surface area contributed by atoms with Crippen molar-refractivity contribution in [1.82, 2.24) is 9.88 Å². The van der Waals surface area contributed by atoms with Crippen LogP contribution in [0.4, 0.5) is 0 Å². The summed E-state index contributed by atoms with van der Waals surface area (Å²) < 4.78 is 10.4. The van der Waals surface area contributed by atoms with Crippen LogP contribution in [0.5, 0.6) is 0 Å². The van der Waals surface area contributed by atoms with E-state index in [9.17, 15) is 4.79 Å². The highest BCUT2D eigenvalue weighted by Gasteiger charge is 2.23. The van der Waals surface area contributed by atoms with Gasteiger partial charge in [0, 0.05) is 31.2 Å². The third kappa shape index (κ3) is 3.43. The fraction of sp³-hybridized carbons (Fsp3) is 0.412. The van der Waals surface area contributed by atoms with Crippen LogP contribution in [0.15, 0.2) is 36.5 Å². The molecule has 2 aromatic rings. The number of hydrogen-bond acceptors (Lipinski definition) is 5. The highest BCUT2D eigenvalue weighted by atomic mass is 16.5. The van der Waals surface area contributed by atoms with Crippen molar-refractivity contribution in [3.05, 3.63) is 42.1 Å². The zero-order valence-electron chi connectivity index (χ0n) is 12.7. The van der Waals surface area contributed by atoms with Crippen LogP contribution in [0.2, 0.25) is 0 Å². The van der Waals surface area contributed by atoms with Gasteiger partial charge < -0.3 is 9.47 Å². The number of fused-ring (bicyclic) bond motifs is 1. The van der Waals surface area contributed by atoms with Crippen LogP contribution in [-0.4, -0.2) is 48.8 Å². The molecule has 1 aliphatic heterocycles. The van der Waals surface area contributed by atoms with Gasteiger partial charge in [0.1, 0.15) is 0 Å². The monoisotopic (exact) mass is 300 g/mol. The van der Waals surface area contributed by atoms with E-state index in [2.05, 4.69) is 34.1 Å². The maximum absolute atomic E-state index is 11.4. The topological polar surface area (TPSA) is 51.7 Å². The fourth-order valence-electron chi connectivity index (χ4n) is 2.85. The second-order valence-electron chi connectivity index (χ2n) is 5.50. The molecule has 0 amide bonds. The van der Waals surface area contributed by atoms with Crippen LogP contribution in [0, 0.1) is 0 Å². The predicted octanol–water partition coefficient (Wildman–Crippen LogP) is 2.00. The number of rotatable bonds is 4. The summed E-state index contributed by atoms with van der Waals surface area (Å²) >= 11 is 0. The normalized spacial score (nSPS) is 19.2. The Hall–Kier alpha value is -1.98. The van der Waals surface area contributed by atoms with Gasteiger partial charge >= 0.3 is 5.97 Å². The molecule has 0 spiro atoms. The Labute approximate surface area is 129 Å². The minimum Gasteiger partial charge on any atom is -0.469 e. The molecule has 1 aromatic heterocycles. The van der Waals surface area contributed by atoms with E-state index in [0.29, 0.717) is 13.0 Å². The lowest BCUT2D eigenvalue weighted by Crippen LogP contribution is -2.42. The second kappa shape index (κ2) is 6.85. The van der Waals surface area contributed by atoms with Gasteiger partial charge in [-0.3, -0.25) is 14.7 Å². The number of morpholine rings is 1. The van der Waals surface area contributed by atoms with Crippen molar-refractivity contribution in [3.63, 3.8) is 0 Å². The number of nitrogens with zero attached hydrogens (tertiary/aromatic N) is 2. The van der Waals surface area contributed by atoms with E-state index in [4.69, 9.17) is 9.47 Å². The van der Waals surface area contributed by atoms with Crippen molar-refractivity contribution in [2.45, 2.75) is 19.1 Å². The van der Waals surface area contributed by atoms with Crippen molar-refractivity contribution >= 4 is 16.9 Å². The number of ether oxygens (including phenoxy) is 2. The van der Waals surface area contributed by atoms with Crippen molar-refractivity contribution in [2.75, 3.05) is 26.8 Å². The van der Waals surface area contributed by atoms with Crippen LogP contribution < -0.4 is 0 Å². The molecule has 2 heterocycles. The molecule has 1 aliphatic rings. The number of aromatic nitrogens is 1. The molecule has 116 valence electrons. The molecule has 1 unspecified atom stereocenters. The quantitative estimate of drug-likeness (QED) is 0.808. The molecule has 5 heteroatoms. The molecule has 0 radical (unpaired) electrons. The third-order valence-electron chi connectivity index (χ3n) is 3.96. The molecule has 1 aromatic carbocycles. The molecule has 5 nitrogen and oxygen atoms in total.